The van der Waals surface area contributed by atoms with Gasteiger partial charge in [0, 0.05) is 25.5 Å². The molecule has 2 aliphatic rings. The summed E-state index contributed by atoms with van der Waals surface area (Å²) in [5.74, 6) is -1.42. The minimum atomic E-state index is -0.919. The second-order valence-corrected chi connectivity index (χ2v) is 5.87. The number of barbiturate groups is 1. The zero-order chi connectivity index (χ0) is 18.0. The molecule has 1 saturated heterocycles. The first-order chi connectivity index (χ1) is 11.8. The highest BCUT2D eigenvalue weighted by Gasteiger charge is 2.30. The minimum Gasteiger partial charge on any atom is -0.453 e. The summed E-state index contributed by atoms with van der Waals surface area (Å²) in [6, 6.07) is 8.64. The molecular weight excluding hydrogens is 324 g/mol. The zero-order valence-electron chi connectivity index (χ0n) is 13.7. The summed E-state index contributed by atoms with van der Waals surface area (Å²) >= 11 is 0. The highest BCUT2D eigenvalue weighted by Crippen LogP contribution is 2.32. The van der Waals surface area contributed by atoms with Gasteiger partial charge in [-0.05, 0) is 12.2 Å². The summed E-state index contributed by atoms with van der Waals surface area (Å²) in [6.45, 7) is 3.51. The van der Waals surface area contributed by atoms with E-state index in [9.17, 15) is 14.4 Å². The van der Waals surface area contributed by atoms with E-state index in [0.717, 1.165) is 5.56 Å². The van der Waals surface area contributed by atoms with Crippen LogP contribution in [0.2, 0.25) is 0 Å². The van der Waals surface area contributed by atoms with Crippen LogP contribution in [0.25, 0.3) is 5.76 Å². The third kappa shape index (κ3) is 3.77. The standard InChI is InChI=1S/C18H16N2O5/c1-18(2)24-12(10-14(25-18)11-6-4-3-5-7-11)8-9-13-15(21)19-17(23)20-16(13)22/h3-10H,1-2H3,(H2,19,20,21,22,23)/b12-8+. The molecule has 0 atom stereocenters. The number of ether oxygens (including phenoxy) is 2. The lowest BCUT2D eigenvalue weighted by Gasteiger charge is -2.33. The fourth-order valence-corrected chi connectivity index (χ4v) is 2.38. The molecule has 3 rings (SSSR count). The number of carbonyl (C=O) groups is 3. The van der Waals surface area contributed by atoms with Crippen LogP contribution in [-0.2, 0) is 19.1 Å². The average Bonchev–Trinajstić information content (AvgIpc) is 2.53. The number of carbonyl (C=O) groups excluding carboxylic acids is 3. The lowest BCUT2D eigenvalue weighted by molar-refractivity contribution is -0.149. The first-order valence-electron chi connectivity index (χ1n) is 7.58. The first-order valence-corrected chi connectivity index (χ1v) is 7.58. The maximum absolute atomic E-state index is 11.7. The number of allylic oxidation sites excluding steroid dienone is 3. The number of imide groups is 2. The van der Waals surface area contributed by atoms with Crippen LogP contribution in [0.4, 0.5) is 4.79 Å². The van der Waals surface area contributed by atoms with Crippen molar-refractivity contribution in [1.82, 2.24) is 10.6 Å². The second kappa shape index (κ2) is 6.27. The van der Waals surface area contributed by atoms with Crippen molar-refractivity contribution in [3.63, 3.8) is 0 Å². The second-order valence-electron chi connectivity index (χ2n) is 5.87. The van der Waals surface area contributed by atoms with Crippen LogP contribution in [0.1, 0.15) is 19.4 Å². The van der Waals surface area contributed by atoms with Crippen LogP contribution in [0.3, 0.4) is 0 Å². The van der Waals surface area contributed by atoms with Crippen molar-refractivity contribution in [2.75, 3.05) is 0 Å². The number of hydrogen-bond donors (Lipinski definition) is 2. The molecule has 4 amide bonds. The molecule has 1 fully saturated rings. The van der Waals surface area contributed by atoms with Gasteiger partial charge in [-0.3, -0.25) is 20.2 Å². The van der Waals surface area contributed by atoms with E-state index in [1.54, 1.807) is 19.9 Å². The number of urea groups is 1. The van der Waals surface area contributed by atoms with Crippen molar-refractivity contribution in [2.24, 2.45) is 0 Å². The summed E-state index contributed by atoms with van der Waals surface area (Å²) in [4.78, 5) is 34.5. The largest absolute Gasteiger partial charge is 0.453 e. The van der Waals surface area contributed by atoms with Crippen molar-refractivity contribution < 1.29 is 23.9 Å². The van der Waals surface area contributed by atoms with E-state index in [0.29, 0.717) is 11.5 Å². The van der Waals surface area contributed by atoms with E-state index in [1.807, 2.05) is 41.0 Å². The molecular formula is C18H16N2O5. The Morgan fingerprint density at radius 3 is 2.20 bits per heavy atom. The fraction of sp³-hybridized carbons (Fsp3) is 0.167. The number of rotatable bonds is 2. The van der Waals surface area contributed by atoms with Crippen LogP contribution in [0, 0.1) is 0 Å². The lowest BCUT2D eigenvalue weighted by atomic mass is 10.1. The Morgan fingerprint density at radius 1 is 0.920 bits per heavy atom. The molecule has 1 aromatic rings. The molecule has 0 unspecified atom stereocenters. The molecule has 0 aliphatic carbocycles. The van der Waals surface area contributed by atoms with Gasteiger partial charge in [0.2, 0.25) is 5.79 Å². The molecule has 0 saturated carbocycles. The fourth-order valence-electron chi connectivity index (χ4n) is 2.38. The normalized spacial score (nSPS) is 20.9. The van der Waals surface area contributed by atoms with E-state index in [1.165, 1.54) is 12.2 Å². The van der Waals surface area contributed by atoms with Gasteiger partial charge in [-0.2, -0.15) is 0 Å². The van der Waals surface area contributed by atoms with Gasteiger partial charge in [0.05, 0.1) is 0 Å². The van der Waals surface area contributed by atoms with E-state index in [2.05, 4.69) is 0 Å². The highest BCUT2D eigenvalue weighted by molar-refractivity contribution is 6.29. The maximum atomic E-state index is 11.7. The monoisotopic (exact) mass is 340 g/mol. The molecule has 7 nitrogen and oxygen atoms in total. The van der Waals surface area contributed by atoms with Gasteiger partial charge in [-0.1, -0.05) is 30.3 Å². The molecule has 0 aromatic heterocycles. The molecule has 0 bridgehead atoms. The Bertz CT molecular complexity index is 812. The molecule has 128 valence electrons. The van der Waals surface area contributed by atoms with Crippen molar-refractivity contribution in [3.05, 3.63) is 65.5 Å². The Kier molecular flexibility index (Phi) is 4.14. The Labute approximate surface area is 144 Å². The van der Waals surface area contributed by atoms with Crippen LogP contribution < -0.4 is 10.6 Å². The first kappa shape index (κ1) is 16.5. The zero-order valence-corrected chi connectivity index (χ0v) is 13.7. The van der Waals surface area contributed by atoms with Gasteiger partial charge >= 0.3 is 6.03 Å². The predicted molar refractivity (Wildman–Crippen MR) is 88.5 cm³/mol. The van der Waals surface area contributed by atoms with E-state index in [4.69, 9.17) is 9.47 Å². The molecule has 2 aliphatic heterocycles. The molecule has 1 aromatic carbocycles. The highest BCUT2D eigenvalue weighted by atomic mass is 16.7. The molecule has 7 heteroatoms. The van der Waals surface area contributed by atoms with E-state index in [-0.39, 0.29) is 5.57 Å². The summed E-state index contributed by atoms with van der Waals surface area (Å²) in [5, 5.41) is 4.02. The molecule has 0 spiro atoms. The quantitative estimate of drug-likeness (QED) is 0.634. The topological polar surface area (TPSA) is 93.7 Å². The lowest BCUT2D eigenvalue weighted by Crippen LogP contribution is -2.51. The molecule has 2 heterocycles. The van der Waals surface area contributed by atoms with Gasteiger partial charge in [-0.15, -0.1) is 0 Å². The van der Waals surface area contributed by atoms with Crippen molar-refractivity contribution >= 4 is 23.6 Å². The van der Waals surface area contributed by atoms with E-state index < -0.39 is 23.6 Å². The van der Waals surface area contributed by atoms with Crippen molar-refractivity contribution in [2.45, 2.75) is 19.6 Å². The summed E-state index contributed by atoms with van der Waals surface area (Å²) < 4.78 is 11.5. The SMILES string of the molecule is CC1(C)OC(c2ccccc2)=C/C(=C\C=C2C(=O)NC(=O)NC2=O)O1. The van der Waals surface area contributed by atoms with Crippen LogP contribution >= 0.6 is 0 Å². The Balaban J connectivity index is 1.93. The Morgan fingerprint density at radius 2 is 1.56 bits per heavy atom. The molecule has 0 radical (unpaired) electrons. The number of nitrogens with one attached hydrogen (secondary N) is 2. The molecule has 25 heavy (non-hydrogen) atoms. The van der Waals surface area contributed by atoms with E-state index >= 15 is 0 Å². The Hall–Kier alpha value is -3.35. The number of hydrogen-bond acceptors (Lipinski definition) is 5. The predicted octanol–water partition coefficient (Wildman–Crippen LogP) is 1.99. The number of benzene rings is 1. The van der Waals surface area contributed by atoms with Gasteiger partial charge in [-0.25, -0.2) is 4.79 Å². The third-order valence-electron chi connectivity index (χ3n) is 3.41. The van der Waals surface area contributed by atoms with Gasteiger partial charge < -0.3 is 9.47 Å². The number of amides is 4. The molecule has 2 N–H and O–H groups in total. The van der Waals surface area contributed by atoms with Crippen molar-refractivity contribution in [3.8, 4) is 0 Å². The smallest absolute Gasteiger partial charge is 0.328 e. The summed E-state index contributed by atoms with van der Waals surface area (Å²) in [6.07, 6.45) is 4.45. The van der Waals surface area contributed by atoms with Crippen molar-refractivity contribution in [1.29, 1.82) is 0 Å². The van der Waals surface area contributed by atoms with Gasteiger partial charge in [0.25, 0.3) is 11.8 Å². The minimum absolute atomic E-state index is 0.186. The van der Waals surface area contributed by atoms with Crippen LogP contribution in [0.15, 0.2) is 59.9 Å². The summed E-state index contributed by atoms with van der Waals surface area (Å²) in [5.41, 5.74) is 0.686. The third-order valence-corrected chi connectivity index (χ3v) is 3.41. The van der Waals surface area contributed by atoms with Gasteiger partial charge in [0.15, 0.2) is 0 Å². The summed E-state index contributed by atoms with van der Waals surface area (Å²) in [7, 11) is 0. The van der Waals surface area contributed by atoms with Gasteiger partial charge in [0.1, 0.15) is 17.1 Å². The average molecular weight is 340 g/mol. The van der Waals surface area contributed by atoms with Crippen LogP contribution in [0.5, 0.6) is 0 Å². The van der Waals surface area contributed by atoms with Crippen LogP contribution in [-0.4, -0.2) is 23.6 Å². The maximum Gasteiger partial charge on any atom is 0.328 e.